The summed E-state index contributed by atoms with van der Waals surface area (Å²) in [6.45, 7) is 7.29. The molecule has 0 spiro atoms. The Morgan fingerprint density at radius 3 is 2.81 bits per heavy atom. The van der Waals surface area contributed by atoms with Crippen LogP contribution in [0.1, 0.15) is 30.0 Å². The van der Waals surface area contributed by atoms with Crippen LogP contribution in [0.25, 0.3) is 0 Å². The van der Waals surface area contributed by atoms with Crippen molar-refractivity contribution in [3.63, 3.8) is 0 Å². The number of carbonyl (C=O) groups is 1. The van der Waals surface area contributed by atoms with E-state index in [1.165, 1.54) is 9.75 Å². The summed E-state index contributed by atoms with van der Waals surface area (Å²) in [7, 11) is 0. The summed E-state index contributed by atoms with van der Waals surface area (Å²) < 4.78 is 0. The van der Waals surface area contributed by atoms with E-state index >= 15 is 0 Å². The van der Waals surface area contributed by atoms with Gasteiger partial charge in [-0.25, -0.2) is 0 Å². The molecule has 0 aliphatic rings. The Hall–Kier alpha value is -0.870. The molecule has 90 valence electrons. The van der Waals surface area contributed by atoms with Gasteiger partial charge in [0, 0.05) is 15.8 Å². The van der Waals surface area contributed by atoms with E-state index in [2.05, 4.69) is 43.5 Å². The Morgan fingerprint density at radius 1 is 1.50 bits per heavy atom. The average molecular weight is 240 g/mol. The molecule has 2 N–H and O–H groups in total. The first-order valence-corrected chi connectivity index (χ1v) is 6.49. The first-order valence-electron chi connectivity index (χ1n) is 5.67. The van der Waals surface area contributed by atoms with Crippen molar-refractivity contribution in [1.82, 2.24) is 10.6 Å². The standard InChI is InChI=1S/C12H20N2OS/c1-4-9(2)13-8-12(15)14-7-11-6-5-10(3)16-11/h5-6,9,13H,4,7-8H2,1-3H3,(H,14,15). The van der Waals surface area contributed by atoms with Gasteiger partial charge in [-0.2, -0.15) is 0 Å². The van der Waals surface area contributed by atoms with E-state index in [0.717, 1.165) is 6.42 Å². The summed E-state index contributed by atoms with van der Waals surface area (Å²) in [5, 5.41) is 6.07. The van der Waals surface area contributed by atoms with Crippen LogP contribution in [0.15, 0.2) is 12.1 Å². The SMILES string of the molecule is CCC(C)NCC(=O)NCc1ccc(C)s1. The number of nitrogens with one attached hydrogen (secondary N) is 2. The Labute approximate surface area is 101 Å². The fourth-order valence-corrected chi connectivity index (χ4v) is 2.07. The maximum atomic E-state index is 11.5. The van der Waals surface area contributed by atoms with Crippen LogP contribution in [0.2, 0.25) is 0 Å². The lowest BCUT2D eigenvalue weighted by molar-refractivity contribution is -0.120. The predicted octanol–water partition coefficient (Wildman–Crippen LogP) is 2.06. The maximum absolute atomic E-state index is 11.5. The van der Waals surface area contributed by atoms with Crippen LogP contribution < -0.4 is 10.6 Å². The molecule has 1 aromatic heterocycles. The molecule has 0 aromatic carbocycles. The minimum atomic E-state index is 0.0614. The number of amides is 1. The van der Waals surface area contributed by atoms with E-state index in [0.29, 0.717) is 19.1 Å². The van der Waals surface area contributed by atoms with Gasteiger partial charge in [0.2, 0.25) is 5.91 Å². The third kappa shape index (κ3) is 4.77. The Balaban J connectivity index is 2.20. The highest BCUT2D eigenvalue weighted by molar-refractivity contribution is 7.11. The molecule has 1 aromatic rings. The smallest absolute Gasteiger partial charge is 0.234 e. The second-order valence-corrected chi connectivity index (χ2v) is 5.35. The summed E-state index contributed by atoms with van der Waals surface area (Å²) in [6.07, 6.45) is 1.04. The largest absolute Gasteiger partial charge is 0.350 e. The molecule has 1 heterocycles. The fraction of sp³-hybridized carbons (Fsp3) is 0.583. The molecule has 0 bridgehead atoms. The van der Waals surface area contributed by atoms with Gasteiger partial charge in [-0.15, -0.1) is 11.3 Å². The molecule has 0 fully saturated rings. The summed E-state index contributed by atoms with van der Waals surface area (Å²) in [4.78, 5) is 14.0. The lowest BCUT2D eigenvalue weighted by Crippen LogP contribution is -2.37. The summed E-state index contributed by atoms with van der Waals surface area (Å²) in [5.74, 6) is 0.0614. The van der Waals surface area contributed by atoms with Crippen LogP contribution in [0.3, 0.4) is 0 Å². The van der Waals surface area contributed by atoms with Crippen LogP contribution in [0.5, 0.6) is 0 Å². The quantitative estimate of drug-likeness (QED) is 0.799. The molecule has 1 rings (SSSR count). The summed E-state index contributed by atoms with van der Waals surface area (Å²) >= 11 is 1.72. The zero-order valence-corrected chi connectivity index (χ0v) is 11.0. The van der Waals surface area contributed by atoms with E-state index in [1.54, 1.807) is 11.3 Å². The second-order valence-electron chi connectivity index (χ2n) is 3.98. The van der Waals surface area contributed by atoms with Crippen molar-refractivity contribution >= 4 is 17.2 Å². The first kappa shape index (κ1) is 13.2. The number of thiophene rings is 1. The van der Waals surface area contributed by atoms with Gasteiger partial charge in [-0.1, -0.05) is 6.92 Å². The van der Waals surface area contributed by atoms with Crippen LogP contribution in [0, 0.1) is 6.92 Å². The molecule has 0 saturated heterocycles. The van der Waals surface area contributed by atoms with E-state index in [-0.39, 0.29) is 5.91 Å². The highest BCUT2D eigenvalue weighted by Crippen LogP contribution is 2.14. The lowest BCUT2D eigenvalue weighted by Gasteiger charge is -2.10. The van der Waals surface area contributed by atoms with E-state index in [1.807, 2.05) is 0 Å². The Morgan fingerprint density at radius 2 is 2.25 bits per heavy atom. The number of carbonyl (C=O) groups excluding carboxylic acids is 1. The van der Waals surface area contributed by atoms with Crippen LogP contribution >= 0.6 is 11.3 Å². The van der Waals surface area contributed by atoms with E-state index in [4.69, 9.17) is 0 Å². The molecule has 0 radical (unpaired) electrons. The van der Waals surface area contributed by atoms with Gasteiger partial charge in [0.15, 0.2) is 0 Å². The van der Waals surface area contributed by atoms with Crippen molar-refractivity contribution in [1.29, 1.82) is 0 Å². The fourth-order valence-electron chi connectivity index (χ4n) is 1.24. The third-order valence-electron chi connectivity index (χ3n) is 2.48. The second kappa shape index (κ2) is 6.66. The molecule has 1 amide bonds. The van der Waals surface area contributed by atoms with Crippen molar-refractivity contribution in [2.75, 3.05) is 6.54 Å². The van der Waals surface area contributed by atoms with Crippen LogP contribution in [0.4, 0.5) is 0 Å². The lowest BCUT2D eigenvalue weighted by atomic mass is 10.2. The van der Waals surface area contributed by atoms with Crippen molar-refractivity contribution < 1.29 is 4.79 Å². The Bertz CT molecular complexity index is 336. The number of hydrogen-bond donors (Lipinski definition) is 2. The Kier molecular flexibility index (Phi) is 5.49. The van der Waals surface area contributed by atoms with Gasteiger partial charge in [0.05, 0.1) is 13.1 Å². The topological polar surface area (TPSA) is 41.1 Å². The van der Waals surface area contributed by atoms with Crippen molar-refractivity contribution in [3.8, 4) is 0 Å². The maximum Gasteiger partial charge on any atom is 0.234 e. The molecule has 16 heavy (non-hydrogen) atoms. The highest BCUT2D eigenvalue weighted by atomic mass is 32.1. The van der Waals surface area contributed by atoms with Crippen LogP contribution in [-0.2, 0) is 11.3 Å². The summed E-state index contributed by atoms with van der Waals surface area (Å²) in [6, 6.07) is 4.53. The van der Waals surface area contributed by atoms with Gasteiger partial charge >= 0.3 is 0 Å². The predicted molar refractivity (Wildman–Crippen MR) is 68.7 cm³/mol. The number of hydrogen-bond acceptors (Lipinski definition) is 3. The number of rotatable bonds is 6. The highest BCUT2D eigenvalue weighted by Gasteiger charge is 2.04. The molecule has 0 saturated carbocycles. The van der Waals surface area contributed by atoms with Gasteiger partial charge in [0.1, 0.15) is 0 Å². The minimum absolute atomic E-state index is 0.0614. The molecular formula is C12H20N2OS. The zero-order valence-electron chi connectivity index (χ0n) is 10.2. The molecule has 0 aliphatic carbocycles. The van der Waals surface area contributed by atoms with Gasteiger partial charge < -0.3 is 10.6 Å². The monoisotopic (exact) mass is 240 g/mol. The van der Waals surface area contributed by atoms with Crippen molar-refractivity contribution in [2.24, 2.45) is 0 Å². The van der Waals surface area contributed by atoms with Crippen molar-refractivity contribution in [3.05, 3.63) is 21.9 Å². The molecule has 3 nitrogen and oxygen atoms in total. The molecule has 4 heteroatoms. The third-order valence-corrected chi connectivity index (χ3v) is 3.48. The van der Waals surface area contributed by atoms with Gasteiger partial charge in [-0.05, 0) is 32.4 Å². The summed E-state index contributed by atoms with van der Waals surface area (Å²) in [5.41, 5.74) is 0. The zero-order chi connectivity index (χ0) is 12.0. The van der Waals surface area contributed by atoms with E-state index in [9.17, 15) is 4.79 Å². The van der Waals surface area contributed by atoms with Gasteiger partial charge in [-0.3, -0.25) is 4.79 Å². The molecule has 1 unspecified atom stereocenters. The van der Waals surface area contributed by atoms with Gasteiger partial charge in [0.25, 0.3) is 0 Å². The molecule has 0 aliphatic heterocycles. The van der Waals surface area contributed by atoms with Crippen molar-refractivity contribution in [2.45, 2.75) is 39.8 Å². The first-order chi connectivity index (χ1) is 7.61. The van der Waals surface area contributed by atoms with E-state index < -0.39 is 0 Å². The molecule has 1 atom stereocenters. The molecular weight excluding hydrogens is 220 g/mol. The normalized spacial score (nSPS) is 12.4. The minimum Gasteiger partial charge on any atom is -0.350 e. The number of aryl methyl sites for hydroxylation is 1. The van der Waals surface area contributed by atoms with Crippen LogP contribution in [-0.4, -0.2) is 18.5 Å². The average Bonchev–Trinajstić information content (AvgIpc) is 2.69.